The van der Waals surface area contributed by atoms with E-state index in [2.05, 4.69) is 193 Å². The van der Waals surface area contributed by atoms with Crippen LogP contribution in [0.15, 0.2) is 208 Å². The summed E-state index contributed by atoms with van der Waals surface area (Å²) in [6.07, 6.45) is 0. The highest BCUT2D eigenvalue weighted by Crippen LogP contribution is 2.63. The molecule has 8 aromatic carbocycles. The Bertz CT molecular complexity index is 2810. The largest absolute Gasteiger partial charge is 0.309 e. The van der Waals surface area contributed by atoms with E-state index in [4.69, 9.17) is 0 Å². The van der Waals surface area contributed by atoms with E-state index in [1.807, 2.05) is 23.5 Å². The second kappa shape index (κ2) is 11.6. The number of benzene rings is 8. The van der Waals surface area contributed by atoms with E-state index in [0.29, 0.717) is 0 Å². The minimum absolute atomic E-state index is 0.496. The monoisotopic (exact) mass is 697 g/mol. The molecule has 0 saturated carbocycles. The van der Waals surface area contributed by atoms with Crippen molar-refractivity contribution in [3.05, 3.63) is 210 Å². The lowest BCUT2D eigenvalue weighted by atomic mass is 9.62. The summed E-state index contributed by atoms with van der Waals surface area (Å²) in [5.74, 6) is 0. The highest BCUT2D eigenvalue weighted by Gasteiger charge is 2.50. The lowest BCUT2D eigenvalue weighted by Gasteiger charge is -2.46. The van der Waals surface area contributed by atoms with Crippen LogP contribution in [0.3, 0.4) is 0 Å². The van der Waals surface area contributed by atoms with E-state index in [-0.39, 0.29) is 0 Å². The van der Waals surface area contributed by atoms with Gasteiger partial charge in [-0.05, 0) is 81.4 Å². The maximum absolute atomic E-state index is 2.47. The number of aromatic nitrogens is 1. The molecule has 9 aromatic rings. The molecule has 0 fully saturated rings. The van der Waals surface area contributed by atoms with Crippen LogP contribution in [0.5, 0.6) is 0 Å². The van der Waals surface area contributed by atoms with E-state index in [1.165, 1.54) is 91.6 Å². The maximum Gasteiger partial charge on any atom is 0.0751 e. The fourth-order valence-corrected chi connectivity index (χ4v) is 11.3. The quantitative estimate of drug-likeness (QED) is 0.181. The zero-order chi connectivity index (χ0) is 34.2. The van der Waals surface area contributed by atoms with Crippen molar-refractivity contribution in [1.29, 1.82) is 0 Å². The molecule has 0 atom stereocenters. The van der Waals surface area contributed by atoms with Crippen LogP contribution in [-0.2, 0) is 5.41 Å². The van der Waals surface area contributed by atoms with Gasteiger partial charge in [-0.2, -0.15) is 0 Å². The molecule has 3 heterocycles. The summed E-state index contributed by atoms with van der Waals surface area (Å²) in [5, 5.41) is 2.54. The van der Waals surface area contributed by atoms with E-state index in [1.54, 1.807) is 0 Å². The Balaban J connectivity index is 1.23. The first-order valence-electron chi connectivity index (χ1n) is 17.8. The smallest absolute Gasteiger partial charge is 0.0751 e. The molecule has 52 heavy (non-hydrogen) atoms. The van der Waals surface area contributed by atoms with Gasteiger partial charge < -0.3 is 4.57 Å². The third-order valence-electron chi connectivity index (χ3n) is 10.9. The van der Waals surface area contributed by atoms with Crippen LogP contribution in [0.1, 0.15) is 22.3 Å². The molecule has 0 saturated heterocycles. The molecule has 1 spiro atoms. The first-order chi connectivity index (χ1) is 25.8. The molecule has 0 N–H and O–H groups in total. The zero-order valence-corrected chi connectivity index (χ0v) is 29.8. The van der Waals surface area contributed by atoms with Gasteiger partial charge in [0.1, 0.15) is 0 Å². The summed E-state index contributed by atoms with van der Waals surface area (Å²) < 4.78 is 2.44. The molecular formula is C49H31NS2. The molecule has 2 aliphatic rings. The van der Waals surface area contributed by atoms with E-state index < -0.39 is 5.41 Å². The topological polar surface area (TPSA) is 4.93 Å². The van der Waals surface area contributed by atoms with Gasteiger partial charge in [-0.3, -0.25) is 0 Å². The fraction of sp³-hybridized carbons (Fsp3) is 0.0204. The van der Waals surface area contributed by atoms with Crippen LogP contribution >= 0.6 is 23.5 Å². The van der Waals surface area contributed by atoms with Crippen molar-refractivity contribution < 1.29 is 0 Å². The van der Waals surface area contributed by atoms with Crippen LogP contribution in [0.2, 0.25) is 0 Å². The minimum Gasteiger partial charge on any atom is -0.309 e. The van der Waals surface area contributed by atoms with Gasteiger partial charge in [0.15, 0.2) is 0 Å². The summed E-state index contributed by atoms with van der Waals surface area (Å²) >= 11 is 3.81. The van der Waals surface area contributed by atoms with E-state index in [0.717, 1.165) is 0 Å². The first-order valence-corrected chi connectivity index (χ1v) is 19.4. The second-order valence-electron chi connectivity index (χ2n) is 13.6. The van der Waals surface area contributed by atoms with Gasteiger partial charge in [-0.25, -0.2) is 0 Å². The van der Waals surface area contributed by atoms with Crippen LogP contribution < -0.4 is 0 Å². The van der Waals surface area contributed by atoms with Crippen molar-refractivity contribution in [2.24, 2.45) is 0 Å². The molecule has 2 aliphatic heterocycles. The molecule has 0 aliphatic carbocycles. The molecule has 0 radical (unpaired) electrons. The molecule has 0 amide bonds. The van der Waals surface area contributed by atoms with Gasteiger partial charge in [0, 0.05) is 41.6 Å². The minimum atomic E-state index is -0.496. The Morgan fingerprint density at radius 2 is 0.962 bits per heavy atom. The van der Waals surface area contributed by atoms with Crippen molar-refractivity contribution in [1.82, 2.24) is 4.57 Å². The third kappa shape index (κ3) is 4.21. The number of nitrogens with zero attached hydrogens (tertiary/aromatic N) is 1. The molecule has 244 valence electrons. The van der Waals surface area contributed by atoms with Crippen molar-refractivity contribution in [2.75, 3.05) is 0 Å². The van der Waals surface area contributed by atoms with Crippen LogP contribution in [0.4, 0.5) is 0 Å². The zero-order valence-electron chi connectivity index (χ0n) is 28.2. The Morgan fingerprint density at radius 3 is 1.75 bits per heavy atom. The lowest BCUT2D eigenvalue weighted by Crippen LogP contribution is -2.37. The summed E-state index contributed by atoms with van der Waals surface area (Å²) in [6, 6.07) is 69.7. The number of fused-ring (bicyclic) bond motifs is 11. The number of hydrogen-bond donors (Lipinski definition) is 0. The average molecular weight is 698 g/mol. The molecule has 1 aromatic heterocycles. The van der Waals surface area contributed by atoms with E-state index in [9.17, 15) is 0 Å². The van der Waals surface area contributed by atoms with Gasteiger partial charge in [-0.1, -0.05) is 169 Å². The van der Waals surface area contributed by atoms with Crippen molar-refractivity contribution in [3.8, 4) is 27.9 Å². The number of para-hydroxylation sites is 3. The predicted molar refractivity (Wildman–Crippen MR) is 218 cm³/mol. The summed E-state index contributed by atoms with van der Waals surface area (Å²) in [5.41, 5.74) is 13.5. The predicted octanol–water partition coefficient (Wildman–Crippen LogP) is 13.4. The lowest BCUT2D eigenvalue weighted by molar-refractivity contribution is 0.669. The van der Waals surface area contributed by atoms with Gasteiger partial charge in [0.05, 0.1) is 16.4 Å². The SMILES string of the molecule is c1ccc(-c2cccc3c2C2(c4ccccc4Sc4ccccc42)c2ccc(-c4cccc5c6ccccc6n(-c6ccccc6)c45)cc2S3)cc1. The Kier molecular flexibility index (Phi) is 6.70. The van der Waals surface area contributed by atoms with Crippen LogP contribution in [0.25, 0.3) is 49.7 Å². The standard InChI is InChI=1S/C49H31NS2/c1-3-15-32(16-4-1)35-20-14-28-45-47(35)49(39-23-8-11-26-43(39)51-44-27-12-9-24-40(44)49)41-30-29-33(31-46(41)52-45)36-21-13-22-38-37-19-7-10-25-42(37)50(48(36)38)34-17-5-2-6-18-34/h1-31H. The normalized spacial score (nSPS) is 13.8. The highest BCUT2D eigenvalue weighted by atomic mass is 32.2. The van der Waals surface area contributed by atoms with Crippen LogP contribution in [-0.4, -0.2) is 4.57 Å². The van der Waals surface area contributed by atoms with Gasteiger partial charge in [0.25, 0.3) is 0 Å². The molecular weight excluding hydrogens is 667 g/mol. The van der Waals surface area contributed by atoms with Crippen molar-refractivity contribution >= 4 is 45.3 Å². The molecule has 3 heteroatoms. The fourth-order valence-electron chi connectivity index (χ4n) is 8.85. The Hall–Kier alpha value is -5.74. The van der Waals surface area contributed by atoms with Gasteiger partial charge in [-0.15, -0.1) is 0 Å². The second-order valence-corrected chi connectivity index (χ2v) is 15.8. The molecule has 0 bridgehead atoms. The molecule has 11 rings (SSSR count). The van der Waals surface area contributed by atoms with Crippen LogP contribution in [0, 0.1) is 0 Å². The van der Waals surface area contributed by atoms with Gasteiger partial charge >= 0.3 is 0 Å². The first kappa shape index (κ1) is 29.9. The van der Waals surface area contributed by atoms with Gasteiger partial charge in [0.2, 0.25) is 0 Å². The summed E-state index contributed by atoms with van der Waals surface area (Å²) in [7, 11) is 0. The number of hydrogen-bond acceptors (Lipinski definition) is 2. The van der Waals surface area contributed by atoms with Crippen molar-refractivity contribution in [2.45, 2.75) is 25.0 Å². The third-order valence-corrected chi connectivity index (χ3v) is 13.2. The summed E-state index contributed by atoms with van der Waals surface area (Å²) in [6.45, 7) is 0. The maximum atomic E-state index is 2.47. The molecule has 0 unspecified atom stereocenters. The Morgan fingerprint density at radius 1 is 0.385 bits per heavy atom. The molecule has 1 nitrogen and oxygen atoms in total. The number of rotatable bonds is 3. The summed E-state index contributed by atoms with van der Waals surface area (Å²) in [4.78, 5) is 5.23. The highest BCUT2D eigenvalue weighted by molar-refractivity contribution is 8.00. The van der Waals surface area contributed by atoms with Crippen molar-refractivity contribution in [3.63, 3.8) is 0 Å². The average Bonchev–Trinajstić information content (AvgIpc) is 3.56. The Labute approximate surface area is 311 Å². The van der Waals surface area contributed by atoms with E-state index >= 15 is 0 Å².